The smallest absolute Gasteiger partial charge is 0.124 e. The quantitative estimate of drug-likeness (QED) is 0.602. The third kappa shape index (κ3) is 3.06. The number of imidazole rings is 1. The molecular formula is C14H16ClN3O. The monoisotopic (exact) mass is 277 g/mol. The van der Waals surface area contributed by atoms with Crippen molar-refractivity contribution in [2.24, 2.45) is 0 Å². The molecular weight excluding hydrogens is 262 g/mol. The maximum Gasteiger partial charge on any atom is 0.124 e. The highest BCUT2D eigenvalue weighted by Crippen LogP contribution is 2.20. The van der Waals surface area contributed by atoms with Gasteiger partial charge in [-0.15, -0.1) is 11.6 Å². The van der Waals surface area contributed by atoms with Gasteiger partial charge in [0.05, 0.1) is 28.5 Å². The van der Waals surface area contributed by atoms with Gasteiger partial charge in [0.15, 0.2) is 0 Å². The zero-order valence-electron chi connectivity index (χ0n) is 10.9. The van der Waals surface area contributed by atoms with E-state index < -0.39 is 0 Å². The summed E-state index contributed by atoms with van der Waals surface area (Å²) in [6.45, 7) is 1.60. The molecule has 1 heterocycles. The molecule has 0 atom stereocenters. The second-order valence-electron chi connectivity index (χ2n) is 4.33. The Morgan fingerprint density at radius 2 is 2.26 bits per heavy atom. The van der Waals surface area contributed by atoms with Crippen LogP contribution in [0.2, 0.25) is 0 Å². The van der Waals surface area contributed by atoms with Gasteiger partial charge in [0.25, 0.3) is 0 Å². The lowest BCUT2D eigenvalue weighted by atomic mass is 10.2. The maximum atomic E-state index is 8.98. The normalized spacial score (nSPS) is 10.8. The van der Waals surface area contributed by atoms with Crippen molar-refractivity contribution in [3.05, 3.63) is 29.6 Å². The molecule has 4 nitrogen and oxygen atoms in total. The minimum absolute atomic E-state index is 0.376. The molecule has 0 amide bonds. The molecule has 1 aromatic heterocycles. The van der Waals surface area contributed by atoms with Crippen LogP contribution in [-0.4, -0.2) is 23.3 Å². The van der Waals surface area contributed by atoms with Crippen molar-refractivity contribution in [1.29, 1.82) is 5.26 Å². The van der Waals surface area contributed by atoms with E-state index in [0.717, 1.165) is 42.9 Å². The number of fused-ring (bicyclic) bond motifs is 1. The van der Waals surface area contributed by atoms with Gasteiger partial charge in [0, 0.05) is 20.3 Å². The van der Waals surface area contributed by atoms with Crippen LogP contribution >= 0.6 is 11.6 Å². The van der Waals surface area contributed by atoms with Gasteiger partial charge in [0.1, 0.15) is 5.82 Å². The number of unbranched alkanes of at least 4 members (excludes halogenated alkanes) is 1. The number of halogens is 1. The van der Waals surface area contributed by atoms with E-state index in [1.54, 1.807) is 13.2 Å². The summed E-state index contributed by atoms with van der Waals surface area (Å²) in [7, 11) is 1.70. The number of nitriles is 1. The van der Waals surface area contributed by atoms with Crippen molar-refractivity contribution in [1.82, 2.24) is 9.55 Å². The van der Waals surface area contributed by atoms with Crippen molar-refractivity contribution in [2.75, 3.05) is 13.7 Å². The molecule has 0 unspecified atom stereocenters. The number of alkyl halides is 1. The first-order valence-electron chi connectivity index (χ1n) is 6.24. The fourth-order valence-electron chi connectivity index (χ4n) is 2.11. The van der Waals surface area contributed by atoms with Crippen LogP contribution in [0.25, 0.3) is 11.0 Å². The maximum absolute atomic E-state index is 8.98. The zero-order valence-corrected chi connectivity index (χ0v) is 11.7. The molecule has 2 aromatic rings. The number of nitrogens with zero attached hydrogens (tertiary/aromatic N) is 3. The summed E-state index contributed by atoms with van der Waals surface area (Å²) in [5, 5.41) is 8.98. The summed E-state index contributed by atoms with van der Waals surface area (Å²) in [6, 6.07) is 7.68. The number of aromatic nitrogens is 2. The lowest BCUT2D eigenvalue weighted by molar-refractivity contribution is 0.191. The second kappa shape index (κ2) is 6.55. The summed E-state index contributed by atoms with van der Waals surface area (Å²) in [6.07, 6.45) is 2.00. The molecule has 0 aliphatic rings. The van der Waals surface area contributed by atoms with E-state index in [9.17, 15) is 0 Å². The Kier molecular flexibility index (Phi) is 4.78. The van der Waals surface area contributed by atoms with E-state index in [-0.39, 0.29) is 0 Å². The fraction of sp³-hybridized carbons (Fsp3) is 0.429. The van der Waals surface area contributed by atoms with Gasteiger partial charge in [-0.3, -0.25) is 0 Å². The zero-order chi connectivity index (χ0) is 13.7. The first-order chi connectivity index (χ1) is 9.30. The average Bonchev–Trinajstić information content (AvgIpc) is 2.80. The third-order valence-electron chi connectivity index (χ3n) is 3.06. The number of hydrogen-bond acceptors (Lipinski definition) is 3. The Balaban J connectivity index is 2.30. The molecule has 0 aliphatic carbocycles. The number of rotatable bonds is 6. The molecule has 2 rings (SSSR count). The Labute approximate surface area is 117 Å². The predicted molar refractivity (Wildman–Crippen MR) is 75.1 cm³/mol. The van der Waals surface area contributed by atoms with Crippen molar-refractivity contribution in [3.8, 4) is 6.07 Å². The minimum Gasteiger partial charge on any atom is -0.385 e. The van der Waals surface area contributed by atoms with E-state index in [1.807, 2.05) is 12.1 Å². The van der Waals surface area contributed by atoms with Crippen molar-refractivity contribution < 1.29 is 4.74 Å². The van der Waals surface area contributed by atoms with Crippen molar-refractivity contribution in [2.45, 2.75) is 25.3 Å². The highest BCUT2D eigenvalue weighted by Gasteiger charge is 2.10. The molecule has 0 aliphatic heterocycles. The SMILES string of the molecule is COCCCCn1c(CCl)nc2ccc(C#N)cc21. The van der Waals surface area contributed by atoms with Gasteiger partial charge in [-0.05, 0) is 31.0 Å². The van der Waals surface area contributed by atoms with E-state index in [4.69, 9.17) is 21.6 Å². The molecule has 0 saturated heterocycles. The van der Waals surface area contributed by atoms with Crippen LogP contribution in [0.15, 0.2) is 18.2 Å². The first-order valence-corrected chi connectivity index (χ1v) is 6.77. The van der Waals surface area contributed by atoms with Gasteiger partial charge in [-0.2, -0.15) is 5.26 Å². The van der Waals surface area contributed by atoms with Gasteiger partial charge in [-0.1, -0.05) is 0 Å². The van der Waals surface area contributed by atoms with Crippen molar-refractivity contribution >= 4 is 22.6 Å². The highest BCUT2D eigenvalue weighted by atomic mass is 35.5. The minimum atomic E-state index is 0.376. The molecule has 0 fully saturated rings. The molecule has 1 aromatic carbocycles. The lowest BCUT2D eigenvalue weighted by Gasteiger charge is -2.07. The number of benzene rings is 1. The fourth-order valence-corrected chi connectivity index (χ4v) is 2.31. The van der Waals surface area contributed by atoms with Crippen LogP contribution in [0, 0.1) is 11.3 Å². The van der Waals surface area contributed by atoms with Crippen LogP contribution in [-0.2, 0) is 17.2 Å². The van der Waals surface area contributed by atoms with Crippen LogP contribution in [0.1, 0.15) is 24.2 Å². The molecule has 5 heteroatoms. The van der Waals surface area contributed by atoms with Crippen LogP contribution in [0.5, 0.6) is 0 Å². The molecule has 0 radical (unpaired) electrons. The van der Waals surface area contributed by atoms with Gasteiger partial charge in [-0.25, -0.2) is 4.98 Å². The largest absolute Gasteiger partial charge is 0.385 e. The molecule has 0 bridgehead atoms. The first kappa shape index (κ1) is 13.9. The highest BCUT2D eigenvalue weighted by molar-refractivity contribution is 6.16. The molecule has 0 N–H and O–H groups in total. The van der Waals surface area contributed by atoms with Gasteiger partial charge in [0.2, 0.25) is 0 Å². The summed E-state index contributed by atoms with van der Waals surface area (Å²) < 4.78 is 7.14. The Bertz CT molecular complexity index is 600. The number of methoxy groups -OCH3 is 1. The van der Waals surface area contributed by atoms with E-state index in [1.165, 1.54) is 0 Å². The van der Waals surface area contributed by atoms with Crippen LogP contribution in [0.3, 0.4) is 0 Å². The van der Waals surface area contributed by atoms with Gasteiger partial charge < -0.3 is 9.30 Å². The molecule has 100 valence electrons. The average molecular weight is 278 g/mol. The summed E-state index contributed by atoms with van der Waals surface area (Å²) >= 11 is 5.94. The summed E-state index contributed by atoms with van der Waals surface area (Å²) in [5.74, 6) is 1.23. The van der Waals surface area contributed by atoms with Gasteiger partial charge >= 0.3 is 0 Å². The number of hydrogen-bond donors (Lipinski definition) is 0. The Morgan fingerprint density at radius 3 is 2.95 bits per heavy atom. The Morgan fingerprint density at radius 1 is 1.42 bits per heavy atom. The number of aryl methyl sites for hydroxylation is 1. The van der Waals surface area contributed by atoms with Crippen LogP contribution in [0.4, 0.5) is 0 Å². The lowest BCUT2D eigenvalue weighted by Crippen LogP contribution is -2.03. The standard InChI is InChI=1S/C14H16ClN3O/c1-19-7-3-2-6-18-13-8-11(10-16)4-5-12(13)17-14(18)9-15/h4-5,8H,2-3,6-7,9H2,1H3. The topological polar surface area (TPSA) is 50.8 Å². The van der Waals surface area contributed by atoms with E-state index in [0.29, 0.717) is 11.4 Å². The van der Waals surface area contributed by atoms with Crippen LogP contribution < -0.4 is 0 Å². The molecule has 19 heavy (non-hydrogen) atoms. The predicted octanol–water partition coefficient (Wildman–Crippen LogP) is 3.07. The number of ether oxygens (including phenoxy) is 1. The molecule has 0 spiro atoms. The summed E-state index contributed by atoms with van der Waals surface area (Å²) in [4.78, 5) is 4.50. The van der Waals surface area contributed by atoms with Crippen molar-refractivity contribution in [3.63, 3.8) is 0 Å². The third-order valence-corrected chi connectivity index (χ3v) is 3.30. The van der Waals surface area contributed by atoms with E-state index >= 15 is 0 Å². The Hall–Kier alpha value is -1.57. The summed E-state index contributed by atoms with van der Waals surface area (Å²) in [5.41, 5.74) is 2.51. The molecule has 0 saturated carbocycles. The second-order valence-corrected chi connectivity index (χ2v) is 4.60. The van der Waals surface area contributed by atoms with E-state index in [2.05, 4.69) is 15.6 Å².